The summed E-state index contributed by atoms with van der Waals surface area (Å²) in [6, 6.07) is 4.94. The van der Waals surface area contributed by atoms with Gasteiger partial charge >= 0.3 is 5.69 Å². The first-order valence-electron chi connectivity index (χ1n) is 4.90. The minimum absolute atomic E-state index is 0.0435. The van der Waals surface area contributed by atoms with Crippen LogP contribution < -0.4 is 10.2 Å². The molecule has 0 radical (unpaired) electrons. The Morgan fingerprint density at radius 3 is 2.69 bits per heavy atom. The lowest BCUT2D eigenvalue weighted by atomic mass is 10.2. The van der Waals surface area contributed by atoms with Crippen molar-refractivity contribution in [1.29, 1.82) is 0 Å². The van der Waals surface area contributed by atoms with Crippen LogP contribution in [0.1, 0.15) is 6.92 Å². The average molecular weight is 225 g/mol. The van der Waals surface area contributed by atoms with Crippen LogP contribution in [0.3, 0.4) is 0 Å². The third-order valence-electron chi connectivity index (χ3n) is 1.83. The molecule has 1 rings (SSSR count). The third kappa shape index (κ3) is 2.83. The molecule has 0 atom stereocenters. The third-order valence-corrected chi connectivity index (χ3v) is 1.83. The number of hydrazine groups is 1. The normalized spacial score (nSPS) is 10.2. The molecule has 0 aliphatic heterocycles. The van der Waals surface area contributed by atoms with Gasteiger partial charge in [0.15, 0.2) is 5.75 Å². The summed E-state index contributed by atoms with van der Waals surface area (Å²) in [7, 11) is 3.52. The number of nitrogens with one attached hydrogen (secondary N) is 1. The van der Waals surface area contributed by atoms with E-state index in [2.05, 4.69) is 5.43 Å². The molecule has 1 aromatic rings. The summed E-state index contributed by atoms with van der Waals surface area (Å²) in [5.41, 5.74) is 3.24. The van der Waals surface area contributed by atoms with E-state index in [4.69, 9.17) is 4.74 Å². The Bertz CT molecular complexity index is 380. The van der Waals surface area contributed by atoms with Crippen LogP contribution in [0, 0.1) is 10.1 Å². The van der Waals surface area contributed by atoms with E-state index in [0.717, 1.165) is 0 Å². The van der Waals surface area contributed by atoms with E-state index in [1.165, 1.54) is 0 Å². The summed E-state index contributed by atoms with van der Waals surface area (Å²) in [6.45, 7) is 2.18. The molecule has 0 bridgehead atoms. The first-order chi connectivity index (χ1) is 7.56. The largest absolute Gasteiger partial charge is 0.487 e. The van der Waals surface area contributed by atoms with Crippen LogP contribution in [0.4, 0.5) is 11.4 Å². The minimum Gasteiger partial charge on any atom is -0.487 e. The summed E-state index contributed by atoms with van der Waals surface area (Å²) >= 11 is 0. The summed E-state index contributed by atoms with van der Waals surface area (Å²) < 4.78 is 5.22. The van der Waals surface area contributed by atoms with Crippen LogP contribution in [0.25, 0.3) is 0 Å². The number of rotatable bonds is 5. The van der Waals surface area contributed by atoms with E-state index in [0.29, 0.717) is 12.3 Å². The number of hydrogen-bond acceptors (Lipinski definition) is 5. The second-order valence-electron chi connectivity index (χ2n) is 3.35. The van der Waals surface area contributed by atoms with Crippen molar-refractivity contribution < 1.29 is 9.66 Å². The fraction of sp³-hybridized carbons (Fsp3) is 0.400. The zero-order valence-electron chi connectivity index (χ0n) is 9.56. The Hall–Kier alpha value is -1.82. The highest BCUT2D eigenvalue weighted by atomic mass is 16.6. The summed E-state index contributed by atoms with van der Waals surface area (Å²) in [4.78, 5) is 10.5. The number of hydrogen-bond donors (Lipinski definition) is 1. The molecule has 0 aliphatic carbocycles. The van der Waals surface area contributed by atoms with Crippen molar-refractivity contribution in [2.24, 2.45) is 0 Å². The molecule has 0 aliphatic rings. The molecular formula is C10H15N3O3. The summed E-state index contributed by atoms with van der Waals surface area (Å²) in [6.07, 6.45) is 0. The van der Waals surface area contributed by atoms with E-state index in [9.17, 15) is 10.1 Å². The van der Waals surface area contributed by atoms with Gasteiger partial charge in [0.2, 0.25) is 0 Å². The first kappa shape index (κ1) is 12.3. The van der Waals surface area contributed by atoms with Crippen molar-refractivity contribution in [3.63, 3.8) is 0 Å². The molecule has 0 aromatic heterocycles. The van der Waals surface area contributed by atoms with E-state index in [-0.39, 0.29) is 11.4 Å². The molecule has 0 amide bonds. The number of para-hydroxylation sites is 1. The fourth-order valence-electron chi connectivity index (χ4n) is 1.31. The van der Waals surface area contributed by atoms with Crippen LogP contribution in [-0.4, -0.2) is 30.6 Å². The smallest absolute Gasteiger partial charge is 0.335 e. The zero-order valence-corrected chi connectivity index (χ0v) is 9.56. The van der Waals surface area contributed by atoms with Gasteiger partial charge < -0.3 is 10.2 Å². The van der Waals surface area contributed by atoms with Gasteiger partial charge in [-0.25, -0.2) is 5.01 Å². The van der Waals surface area contributed by atoms with Gasteiger partial charge in [0.1, 0.15) is 5.69 Å². The molecule has 6 heteroatoms. The molecule has 1 aromatic carbocycles. The van der Waals surface area contributed by atoms with Crippen LogP contribution in [0.5, 0.6) is 5.75 Å². The predicted octanol–water partition coefficient (Wildman–Crippen LogP) is 1.88. The van der Waals surface area contributed by atoms with E-state index < -0.39 is 4.92 Å². The highest BCUT2D eigenvalue weighted by molar-refractivity contribution is 5.67. The molecule has 1 N–H and O–H groups in total. The van der Waals surface area contributed by atoms with Gasteiger partial charge in [-0.15, -0.1) is 0 Å². The molecule has 6 nitrogen and oxygen atoms in total. The SMILES string of the molecule is CCOc1cccc(NN(C)C)c1[N+](=O)[O-]. The van der Waals surface area contributed by atoms with Crippen molar-refractivity contribution in [1.82, 2.24) is 5.01 Å². The number of anilines is 1. The summed E-state index contributed by atoms with van der Waals surface area (Å²) in [5.74, 6) is 0.277. The lowest BCUT2D eigenvalue weighted by Gasteiger charge is -2.14. The quantitative estimate of drug-likeness (QED) is 0.612. The van der Waals surface area contributed by atoms with Crippen LogP contribution >= 0.6 is 0 Å². The van der Waals surface area contributed by atoms with Crippen molar-refractivity contribution in [3.8, 4) is 5.75 Å². The number of nitro groups is 1. The highest BCUT2D eigenvalue weighted by Crippen LogP contribution is 2.34. The lowest BCUT2D eigenvalue weighted by Crippen LogP contribution is -2.20. The number of benzene rings is 1. The number of ether oxygens (including phenoxy) is 1. The molecule has 16 heavy (non-hydrogen) atoms. The fourth-order valence-corrected chi connectivity index (χ4v) is 1.31. The molecule has 0 heterocycles. The van der Waals surface area contributed by atoms with Crippen molar-refractivity contribution in [2.45, 2.75) is 6.92 Å². The Balaban J connectivity index is 3.16. The van der Waals surface area contributed by atoms with Crippen molar-refractivity contribution >= 4 is 11.4 Å². The lowest BCUT2D eigenvalue weighted by molar-refractivity contribution is -0.385. The van der Waals surface area contributed by atoms with Crippen LogP contribution in [-0.2, 0) is 0 Å². The molecule has 88 valence electrons. The van der Waals surface area contributed by atoms with Crippen LogP contribution in [0.2, 0.25) is 0 Å². The van der Waals surface area contributed by atoms with Gasteiger partial charge in [-0.05, 0) is 19.1 Å². The van der Waals surface area contributed by atoms with Gasteiger partial charge in [-0.2, -0.15) is 0 Å². The second kappa shape index (κ2) is 5.32. The van der Waals surface area contributed by atoms with E-state index >= 15 is 0 Å². The standard InChI is InChI=1S/C10H15N3O3/c1-4-16-9-7-5-6-8(11-12(2)3)10(9)13(14)15/h5-7,11H,4H2,1-3H3. The molecule has 0 fully saturated rings. The van der Waals surface area contributed by atoms with Crippen LogP contribution in [0.15, 0.2) is 18.2 Å². The van der Waals surface area contributed by atoms with Gasteiger partial charge in [0, 0.05) is 14.1 Å². The maximum atomic E-state index is 11.0. The molecule has 0 unspecified atom stereocenters. The Labute approximate surface area is 93.9 Å². The number of nitrogens with zero attached hydrogens (tertiary/aromatic N) is 2. The van der Waals surface area contributed by atoms with Gasteiger partial charge in [-0.3, -0.25) is 10.1 Å². The van der Waals surface area contributed by atoms with Gasteiger partial charge in [-0.1, -0.05) is 6.07 Å². The molecule has 0 saturated carbocycles. The van der Waals surface area contributed by atoms with Gasteiger partial charge in [0.25, 0.3) is 0 Å². The Kier molecular flexibility index (Phi) is 4.07. The number of nitro benzene ring substituents is 1. The monoisotopic (exact) mass is 225 g/mol. The Morgan fingerprint density at radius 1 is 1.50 bits per heavy atom. The van der Waals surface area contributed by atoms with Gasteiger partial charge in [0.05, 0.1) is 11.5 Å². The second-order valence-corrected chi connectivity index (χ2v) is 3.35. The predicted molar refractivity (Wildman–Crippen MR) is 61.6 cm³/mol. The zero-order chi connectivity index (χ0) is 12.1. The maximum absolute atomic E-state index is 11.0. The highest BCUT2D eigenvalue weighted by Gasteiger charge is 2.20. The molecule has 0 spiro atoms. The average Bonchev–Trinajstić information content (AvgIpc) is 2.16. The van der Waals surface area contributed by atoms with Crippen molar-refractivity contribution in [3.05, 3.63) is 28.3 Å². The van der Waals surface area contributed by atoms with E-state index in [1.807, 2.05) is 0 Å². The molecular weight excluding hydrogens is 210 g/mol. The molecule has 0 saturated heterocycles. The van der Waals surface area contributed by atoms with Crippen molar-refractivity contribution in [2.75, 3.05) is 26.1 Å². The topological polar surface area (TPSA) is 67.6 Å². The Morgan fingerprint density at radius 2 is 2.19 bits per heavy atom. The summed E-state index contributed by atoms with van der Waals surface area (Å²) in [5, 5.41) is 12.6. The minimum atomic E-state index is -0.448. The first-order valence-corrected chi connectivity index (χ1v) is 4.90. The van der Waals surface area contributed by atoms with E-state index in [1.54, 1.807) is 44.2 Å². The maximum Gasteiger partial charge on any atom is 0.335 e.